The molecule has 176 valence electrons. The van der Waals surface area contributed by atoms with Crippen LogP contribution in [0.3, 0.4) is 0 Å². The summed E-state index contributed by atoms with van der Waals surface area (Å²) in [5.41, 5.74) is 7.52. The molecule has 0 aliphatic carbocycles. The van der Waals surface area contributed by atoms with Gasteiger partial charge in [0.25, 0.3) is 0 Å². The van der Waals surface area contributed by atoms with Crippen LogP contribution in [-0.4, -0.2) is 71.7 Å². The maximum atomic E-state index is 13.2. The third kappa shape index (κ3) is 4.00. The summed E-state index contributed by atoms with van der Waals surface area (Å²) in [5.74, 6) is 0.194. The normalized spacial score (nSPS) is 30.6. The maximum absolute atomic E-state index is 13.2. The Kier molecular flexibility index (Phi) is 5.84. The minimum absolute atomic E-state index is 0.106. The molecule has 5 N–H and O–H groups in total. The average molecular weight is 541 g/mol. The second-order valence-electron chi connectivity index (χ2n) is 7.87. The van der Waals surface area contributed by atoms with Crippen molar-refractivity contribution in [3.63, 3.8) is 0 Å². The van der Waals surface area contributed by atoms with Gasteiger partial charge in [-0.2, -0.15) is 0 Å². The fraction of sp³-hybridized carbons (Fsp3) is 0.389. The molecule has 15 heteroatoms. The number of para-hydroxylation sites is 1. The summed E-state index contributed by atoms with van der Waals surface area (Å²) in [6.45, 7) is 0.106. The molecular formula is C18H23BBrN6O6P. The predicted octanol–water partition coefficient (Wildman–Crippen LogP) is 0.412. The zero-order valence-corrected chi connectivity index (χ0v) is 20.4. The van der Waals surface area contributed by atoms with Gasteiger partial charge in [0.05, 0.1) is 0 Å². The number of fused-ring (bicyclic) bond motifs is 2. The van der Waals surface area contributed by atoms with Crippen molar-refractivity contribution >= 4 is 60.3 Å². The summed E-state index contributed by atoms with van der Waals surface area (Å²) in [6.07, 6.45) is -1.68. The molecule has 0 saturated carbocycles. The van der Waals surface area contributed by atoms with Crippen molar-refractivity contribution in [3.05, 3.63) is 36.2 Å². The van der Waals surface area contributed by atoms with Crippen molar-refractivity contribution in [3.8, 4) is 0 Å². The standard InChI is InChI=1S/C18H23BBrN6O6P/c1-22-9-5-3-2-4-8(9)17(27)31-13-12-10(6-29-33(19,28)32-12)30-16(13)26-15-11(25-18(26)20)14(21)23-7-24-15/h2-5,7,10,12-13,16,18,22,25,28,33H,6,19H2,1H3,(H2,21,23,24)/t10?,12-,13?,16?,18?/m1/s1. The van der Waals surface area contributed by atoms with Crippen LogP contribution in [0.4, 0.5) is 23.0 Å². The molecule has 0 radical (unpaired) electrons. The van der Waals surface area contributed by atoms with Crippen molar-refractivity contribution < 1.29 is 28.2 Å². The molecule has 3 aliphatic heterocycles. The van der Waals surface area contributed by atoms with Crippen molar-refractivity contribution in [2.45, 2.75) is 29.6 Å². The Bertz CT molecular complexity index is 1080. The summed E-state index contributed by atoms with van der Waals surface area (Å²) in [5, 5.41) is 5.68. The first-order chi connectivity index (χ1) is 15.8. The molecule has 0 amide bonds. The number of nitrogen functional groups attached to an aromatic ring is 1. The first-order valence-electron chi connectivity index (χ1n) is 10.3. The van der Waals surface area contributed by atoms with Crippen LogP contribution in [0.1, 0.15) is 10.4 Å². The van der Waals surface area contributed by atoms with Gasteiger partial charge in [-0.05, 0) is 0 Å². The number of anilines is 4. The molecule has 4 heterocycles. The summed E-state index contributed by atoms with van der Waals surface area (Å²) < 4.78 is 23.6. The number of rotatable bonds is 4. The second-order valence-corrected chi connectivity index (χ2v) is 11.1. The summed E-state index contributed by atoms with van der Waals surface area (Å²) in [6, 6.07) is 7.01. The van der Waals surface area contributed by atoms with Crippen LogP contribution in [0.2, 0.25) is 0 Å². The Morgan fingerprint density at radius 2 is 2.24 bits per heavy atom. The Balaban J connectivity index is 1.51. The van der Waals surface area contributed by atoms with Crippen LogP contribution < -0.4 is 21.3 Å². The molecule has 1 aromatic carbocycles. The zero-order valence-electron chi connectivity index (χ0n) is 17.8. The Morgan fingerprint density at radius 1 is 1.45 bits per heavy atom. The van der Waals surface area contributed by atoms with E-state index < -0.39 is 43.4 Å². The topological polar surface area (TPSA) is 153 Å². The summed E-state index contributed by atoms with van der Waals surface area (Å²) >= 11 is 3.56. The first-order valence-corrected chi connectivity index (χ1v) is 13.4. The van der Waals surface area contributed by atoms with E-state index in [2.05, 4.69) is 36.5 Å². The first kappa shape index (κ1) is 22.6. The fourth-order valence-corrected chi connectivity index (χ4v) is 6.18. The van der Waals surface area contributed by atoms with E-state index in [0.29, 0.717) is 22.8 Å². The monoisotopic (exact) mass is 540 g/mol. The average Bonchev–Trinajstić information content (AvgIpc) is 3.30. The molecule has 2 aromatic rings. The fourth-order valence-electron chi connectivity index (χ4n) is 4.19. The van der Waals surface area contributed by atoms with E-state index in [9.17, 15) is 9.69 Å². The number of ether oxygens (including phenoxy) is 2. The number of aromatic nitrogens is 2. The number of hydrogen-bond acceptors (Lipinski definition) is 12. The number of nitrogens with two attached hydrogens (primary N) is 1. The predicted molar refractivity (Wildman–Crippen MR) is 129 cm³/mol. The number of benzene rings is 1. The van der Waals surface area contributed by atoms with Gasteiger partial charge in [0.15, 0.2) is 0 Å². The summed E-state index contributed by atoms with van der Waals surface area (Å²) in [7, 11) is -0.172. The molecule has 2 fully saturated rings. The van der Waals surface area contributed by atoms with Crippen molar-refractivity contribution in [2.75, 3.05) is 34.9 Å². The Hall–Kier alpha value is -2.22. The molecule has 0 bridgehead atoms. The number of nitrogens with one attached hydrogen (secondary N) is 2. The van der Waals surface area contributed by atoms with Crippen LogP contribution in [0.5, 0.6) is 0 Å². The number of carbonyl (C=O) groups excluding carboxylic acids is 1. The van der Waals surface area contributed by atoms with Crippen molar-refractivity contribution in [1.29, 1.82) is 0 Å². The summed E-state index contributed by atoms with van der Waals surface area (Å²) in [4.78, 5) is 33.8. The number of alkyl halides is 1. The SMILES string of the molecule is B[PH]1(O)OCC2OC(N3c4ncnc(N)c4NC3Br)C(OC(=O)c3ccccc3NC)[C@@H]2O1. The van der Waals surface area contributed by atoms with Crippen LogP contribution in [0, 0.1) is 0 Å². The van der Waals surface area contributed by atoms with Gasteiger partial charge in [0.1, 0.15) is 0 Å². The van der Waals surface area contributed by atoms with Gasteiger partial charge in [-0.15, -0.1) is 0 Å². The quantitative estimate of drug-likeness (QED) is 0.140. The van der Waals surface area contributed by atoms with E-state index in [4.69, 9.17) is 24.3 Å². The van der Waals surface area contributed by atoms with Gasteiger partial charge >= 0.3 is 199 Å². The number of hydrogen-bond donors (Lipinski definition) is 4. The van der Waals surface area contributed by atoms with Gasteiger partial charge in [0, 0.05) is 0 Å². The molecule has 1 aromatic heterocycles. The van der Waals surface area contributed by atoms with Gasteiger partial charge in [-0.1, -0.05) is 0 Å². The van der Waals surface area contributed by atoms with Crippen molar-refractivity contribution in [2.24, 2.45) is 0 Å². The number of nitrogens with zero attached hydrogens (tertiary/aromatic N) is 3. The molecule has 2 saturated heterocycles. The molecule has 5 rings (SSSR count). The second kappa shape index (κ2) is 8.53. The van der Waals surface area contributed by atoms with Crippen LogP contribution in [0.25, 0.3) is 0 Å². The zero-order chi connectivity index (χ0) is 23.3. The third-order valence-electron chi connectivity index (χ3n) is 5.70. The van der Waals surface area contributed by atoms with E-state index in [1.807, 2.05) is 6.07 Å². The van der Waals surface area contributed by atoms with E-state index in [1.165, 1.54) is 13.9 Å². The van der Waals surface area contributed by atoms with E-state index >= 15 is 0 Å². The van der Waals surface area contributed by atoms with E-state index in [-0.39, 0.29) is 12.4 Å². The third-order valence-corrected chi connectivity index (χ3v) is 7.78. The molecule has 4 unspecified atom stereocenters. The van der Waals surface area contributed by atoms with Gasteiger partial charge in [-0.25, -0.2) is 0 Å². The van der Waals surface area contributed by atoms with E-state index in [0.717, 1.165) is 0 Å². The number of esters is 1. The van der Waals surface area contributed by atoms with E-state index in [1.54, 1.807) is 30.1 Å². The molecule has 12 nitrogen and oxygen atoms in total. The minimum atomic E-state index is -3.41. The van der Waals surface area contributed by atoms with Gasteiger partial charge in [-0.3, -0.25) is 0 Å². The number of carbonyl (C=O) groups is 1. The molecular weight excluding hydrogens is 518 g/mol. The Morgan fingerprint density at radius 3 is 3.03 bits per heavy atom. The van der Waals surface area contributed by atoms with Crippen LogP contribution >= 0.6 is 23.8 Å². The van der Waals surface area contributed by atoms with Gasteiger partial charge < -0.3 is 0 Å². The molecule has 33 heavy (non-hydrogen) atoms. The van der Waals surface area contributed by atoms with Crippen molar-refractivity contribution in [1.82, 2.24) is 9.97 Å². The molecule has 0 spiro atoms. The molecule has 5 atom stereocenters. The van der Waals surface area contributed by atoms with Gasteiger partial charge in [0.2, 0.25) is 0 Å². The van der Waals surface area contributed by atoms with Crippen LogP contribution in [-0.2, 0) is 18.5 Å². The Labute approximate surface area is 199 Å². The number of halogens is 1. The molecule has 3 aliphatic rings. The van der Waals surface area contributed by atoms with Crippen LogP contribution in [0.15, 0.2) is 30.6 Å².